The number of hydrogen-bond donors (Lipinski definition) is 2. The average Bonchev–Trinajstić information content (AvgIpc) is 2.58. The molecule has 110 valence electrons. The van der Waals surface area contributed by atoms with Crippen LogP contribution in [0.2, 0.25) is 0 Å². The van der Waals surface area contributed by atoms with E-state index in [9.17, 15) is 5.11 Å². The van der Waals surface area contributed by atoms with Crippen LogP contribution >= 0.6 is 0 Å². The smallest absolute Gasteiger partial charge is 0.480 e. The molecule has 1 aliphatic heterocycles. The van der Waals surface area contributed by atoms with Crippen molar-refractivity contribution in [2.75, 3.05) is 7.11 Å². The molecule has 1 atom stereocenters. The SMILES string of the molecule is COc1cccc([C@H](N)B2OC(C)(C)C(C)(C)O2)c1O. The Bertz CT molecular complexity index is 488. The fourth-order valence-corrected chi connectivity index (χ4v) is 2.15. The topological polar surface area (TPSA) is 73.9 Å². The quantitative estimate of drug-likeness (QED) is 0.828. The first-order valence-electron chi connectivity index (χ1n) is 6.66. The third kappa shape index (κ3) is 2.39. The van der Waals surface area contributed by atoms with E-state index >= 15 is 0 Å². The van der Waals surface area contributed by atoms with Gasteiger partial charge in [0.2, 0.25) is 0 Å². The van der Waals surface area contributed by atoms with Crippen LogP contribution in [0.25, 0.3) is 0 Å². The summed E-state index contributed by atoms with van der Waals surface area (Å²) >= 11 is 0. The molecule has 0 unspecified atom stereocenters. The van der Waals surface area contributed by atoms with Crippen LogP contribution in [-0.2, 0) is 9.31 Å². The lowest BCUT2D eigenvalue weighted by Crippen LogP contribution is -2.41. The first-order valence-corrected chi connectivity index (χ1v) is 6.66. The van der Waals surface area contributed by atoms with Crippen LogP contribution in [0.15, 0.2) is 18.2 Å². The Balaban J connectivity index is 2.28. The predicted octanol–water partition coefficient (Wildman–Crippen LogP) is 2.03. The Morgan fingerprint density at radius 2 is 1.75 bits per heavy atom. The van der Waals surface area contributed by atoms with Crippen molar-refractivity contribution in [1.82, 2.24) is 0 Å². The number of ether oxygens (including phenoxy) is 1. The van der Waals surface area contributed by atoms with Gasteiger partial charge in [0.1, 0.15) is 0 Å². The van der Waals surface area contributed by atoms with Crippen molar-refractivity contribution in [1.29, 1.82) is 0 Å². The molecule has 0 saturated carbocycles. The zero-order chi connectivity index (χ0) is 15.1. The Kier molecular flexibility index (Phi) is 3.75. The second-order valence-electron chi connectivity index (χ2n) is 6.05. The molecule has 2 rings (SSSR count). The second kappa shape index (κ2) is 4.95. The van der Waals surface area contributed by atoms with Crippen LogP contribution in [0.5, 0.6) is 11.5 Å². The van der Waals surface area contributed by atoms with Crippen molar-refractivity contribution in [2.45, 2.75) is 44.8 Å². The molecule has 1 fully saturated rings. The Hall–Kier alpha value is -1.24. The number of para-hydroxylation sites is 1. The summed E-state index contributed by atoms with van der Waals surface area (Å²) in [6.07, 6.45) is 0. The van der Waals surface area contributed by atoms with Crippen LogP contribution in [0.4, 0.5) is 0 Å². The summed E-state index contributed by atoms with van der Waals surface area (Å²) in [5, 5.41) is 10.2. The Morgan fingerprint density at radius 3 is 2.25 bits per heavy atom. The first-order chi connectivity index (χ1) is 9.19. The van der Waals surface area contributed by atoms with Gasteiger partial charge < -0.3 is 24.9 Å². The van der Waals surface area contributed by atoms with Gasteiger partial charge in [-0.15, -0.1) is 0 Å². The summed E-state index contributed by atoms with van der Waals surface area (Å²) in [6, 6.07) is 5.20. The van der Waals surface area contributed by atoms with Crippen LogP contribution in [0.3, 0.4) is 0 Å². The molecule has 1 aliphatic rings. The molecule has 1 saturated heterocycles. The number of hydrogen-bond acceptors (Lipinski definition) is 5. The Morgan fingerprint density at radius 1 is 1.20 bits per heavy atom. The van der Waals surface area contributed by atoms with Gasteiger partial charge in [0.05, 0.1) is 24.3 Å². The molecule has 0 spiro atoms. The fourth-order valence-electron chi connectivity index (χ4n) is 2.15. The Labute approximate surface area is 120 Å². The summed E-state index contributed by atoms with van der Waals surface area (Å²) in [7, 11) is 0.886. The summed E-state index contributed by atoms with van der Waals surface area (Å²) in [5.74, 6) is -0.183. The minimum Gasteiger partial charge on any atom is -0.504 e. The average molecular weight is 279 g/mol. The van der Waals surface area contributed by atoms with Crippen molar-refractivity contribution in [3.8, 4) is 11.5 Å². The zero-order valence-electron chi connectivity index (χ0n) is 12.6. The molecule has 1 heterocycles. The van der Waals surface area contributed by atoms with Gasteiger partial charge in [-0.2, -0.15) is 0 Å². The zero-order valence-corrected chi connectivity index (χ0v) is 12.6. The van der Waals surface area contributed by atoms with E-state index in [2.05, 4.69) is 0 Å². The third-order valence-electron chi connectivity index (χ3n) is 4.17. The van der Waals surface area contributed by atoms with Gasteiger partial charge in [-0.25, -0.2) is 0 Å². The van der Waals surface area contributed by atoms with E-state index in [0.29, 0.717) is 11.3 Å². The highest BCUT2D eigenvalue weighted by Crippen LogP contribution is 2.41. The van der Waals surface area contributed by atoms with Gasteiger partial charge in [-0.1, -0.05) is 12.1 Å². The largest absolute Gasteiger partial charge is 0.504 e. The number of methoxy groups -OCH3 is 1. The van der Waals surface area contributed by atoms with E-state index in [4.69, 9.17) is 19.8 Å². The number of benzene rings is 1. The molecule has 0 radical (unpaired) electrons. The van der Waals surface area contributed by atoms with Crippen LogP contribution in [0.1, 0.15) is 39.2 Å². The molecule has 0 amide bonds. The van der Waals surface area contributed by atoms with Crippen molar-refractivity contribution in [2.24, 2.45) is 5.73 Å². The van der Waals surface area contributed by atoms with E-state index in [0.717, 1.165) is 0 Å². The molecular weight excluding hydrogens is 257 g/mol. The van der Waals surface area contributed by atoms with Crippen LogP contribution in [0, 0.1) is 0 Å². The van der Waals surface area contributed by atoms with Gasteiger partial charge in [0.15, 0.2) is 11.5 Å². The van der Waals surface area contributed by atoms with Crippen LogP contribution in [-0.4, -0.2) is 30.5 Å². The van der Waals surface area contributed by atoms with Crippen LogP contribution < -0.4 is 10.5 Å². The highest BCUT2D eigenvalue weighted by atomic mass is 16.7. The van der Waals surface area contributed by atoms with Crippen molar-refractivity contribution in [3.63, 3.8) is 0 Å². The molecule has 1 aromatic rings. The highest BCUT2D eigenvalue weighted by Gasteiger charge is 2.53. The van der Waals surface area contributed by atoms with Gasteiger partial charge in [0, 0.05) is 5.56 Å². The summed E-state index contributed by atoms with van der Waals surface area (Å²) in [5.41, 5.74) is 5.84. The van der Waals surface area contributed by atoms with E-state index in [-0.39, 0.29) is 5.75 Å². The number of nitrogens with two attached hydrogens (primary N) is 1. The summed E-state index contributed by atoms with van der Waals surface area (Å²) in [6.45, 7) is 7.85. The lowest BCUT2D eigenvalue weighted by molar-refractivity contribution is 0.00578. The molecular formula is C14H22BNO4. The highest BCUT2D eigenvalue weighted by molar-refractivity contribution is 6.47. The molecule has 0 bridgehead atoms. The molecule has 5 nitrogen and oxygen atoms in total. The van der Waals surface area contributed by atoms with E-state index in [1.807, 2.05) is 27.7 Å². The number of phenolic OH excluding ortho intramolecular Hbond substituents is 1. The summed E-state index contributed by atoms with van der Waals surface area (Å²) in [4.78, 5) is 0. The van der Waals surface area contributed by atoms with Crippen molar-refractivity contribution in [3.05, 3.63) is 23.8 Å². The maximum Gasteiger partial charge on any atom is 0.480 e. The normalized spacial score (nSPS) is 21.8. The van der Waals surface area contributed by atoms with E-state index < -0.39 is 24.3 Å². The maximum absolute atomic E-state index is 10.2. The molecule has 3 N–H and O–H groups in total. The minimum atomic E-state index is -0.613. The molecule has 0 aromatic heterocycles. The monoisotopic (exact) mass is 279 g/mol. The molecule has 20 heavy (non-hydrogen) atoms. The number of phenols is 1. The summed E-state index contributed by atoms with van der Waals surface area (Å²) < 4.78 is 16.9. The molecule has 1 aromatic carbocycles. The minimum absolute atomic E-state index is 0.0252. The van der Waals surface area contributed by atoms with Gasteiger partial charge in [-0.05, 0) is 33.8 Å². The molecule has 0 aliphatic carbocycles. The number of rotatable bonds is 3. The first kappa shape index (κ1) is 15.2. The van der Waals surface area contributed by atoms with Gasteiger partial charge in [-0.3, -0.25) is 0 Å². The van der Waals surface area contributed by atoms with Gasteiger partial charge >= 0.3 is 7.12 Å². The third-order valence-corrected chi connectivity index (χ3v) is 4.17. The second-order valence-corrected chi connectivity index (χ2v) is 6.05. The lowest BCUT2D eigenvalue weighted by Gasteiger charge is -2.32. The maximum atomic E-state index is 10.2. The van der Waals surface area contributed by atoms with E-state index in [1.54, 1.807) is 18.2 Å². The number of aromatic hydroxyl groups is 1. The standard InChI is InChI=1S/C14H22BNO4/c1-13(2)14(3,4)20-15(19-13)12(16)9-7-6-8-10(18-5)11(9)17/h6-8,12,17H,16H2,1-5H3/t12-/m0/s1. The van der Waals surface area contributed by atoms with Crippen molar-refractivity contribution >= 4 is 7.12 Å². The van der Waals surface area contributed by atoms with E-state index in [1.165, 1.54) is 7.11 Å². The lowest BCUT2D eigenvalue weighted by atomic mass is 9.74. The van der Waals surface area contributed by atoms with Gasteiger partial charge in [0.25, 0.3) is 0 Å². The molecule has 6 heteroatoms. The predicted molar refractivity (Wildman–Crippen MR) is 77.7 cm³/mol. The van der Waals surface area contributed by atoms with Crippen molar-refractivity contribution < 1.29 is 19.2 Å². The fraction of sp³-hybridized carbons (Fsp3) is 0.571.